The van der Waals surface area contributed by atoms with Gasteiger partial charge in [-0.2, -0.15) is 13.2 Å². The molecule has 0 saturated heterocycles. The van der Waals surface area contributed by atoms with Crippen LogP contribution in [0.2, 0.25) is 0 Å². The van der Waals surface area contributed by atoms with Gasteiger partial charge < -0.3 is 15.2 Å². The van der Waals surface area contributed by atoms with Gasteiger partial charge in [0.2, 0.25) is 0 Å². The van der Waals surface area contributed by atoms with Crippen LogP contribution < -0.4 is 10.5 Å². The van der Waals surface area contributed by atoms with Crippen molar-refractivity contribution in [1.29, 1.82) is 0 Å². The molecule has 2 aromatic rings. The third kappa shape index (κ3) is 4.97. The second kappa shape index (κ2) is 7.48. The Morgan fingerprint density at radius 3 is 2.39 bits per heavy atom. The number of nitrogens with two attached hydrogens (primary N) is 1. The highest BCUT2D eigenvalue weighted by Gasteiger charge is 2.29. The minimum Gasteiger partial charge on any atom is -0.468 e. The number of alkyl halides is 3. The first-order valence-electron chi connectivity index (χ1n) is 7.03. The molecule has 0 heterocycles. The van der Waals surface area contributed by atoms with E-state index in [0.717, 1.165) is 23.3 Å². The van der Waals surface area contributed by atoms with Crippen LogP contribution in [0.25, 0.3) is 0 Å². The molecular weight excluding hydrogens is 307 g/mol. The quantitative estimate of drug-likeness (QED) is 0.819. The van der Waals surface area contributed by atoms with E-state index in [-0.39, 0.29) is 12.8 Å². The van der Waals surface area contributed by atoms with Gasteiger partial charge in [-0.25, -0.2) is 0 Å². The van der Waals surface area contributed by atoms with Crippen LogP contribution in [-0.2, 0) is 17.3 Å². The molecule has 1 unspecified atom stereocenters. The summed E-state index contributed by atoms with van der Waals surface area (Å²) in [5.41, 5.74) is 7.07. The molecule has 124 valence electrons. The van der Waals surface area contributed by atoms with E-state index in [1.165, 1.54) is 19.2 Å². The maximum absolute atomic E-state index is 12.5. The van der Waals surface area contributed by atoms with Gasteiger partial charge in [-0.3, -0.25) is 0 Å². The molecule has 23 heavy (non-hydrogen) atoms. The van der Waals surface area contributed by atoms with Crippen LogP contribution in [0.3, 0.4) is 0 Å². The minimum absolute atomic E-state index is 0.137. The normalized spacial score (nSPS) is 12.9. The molecule has 0 spiro atoms. The maximum atomic E-state index is 12.5. The molecule has 0 bridgehead atoms. The zero-order chi connectivity index (χ0) is 16.9. The van der Waals surface area contributed by atoms with Gasteiger partial charge in [0.25, 0.3) is 0 Å². The lowest BCUT2D eigenvalue weighted by Gasteiger charge is -2.14. The zero-order valence-electron chi connectivity index (χ0n) is 12.6. The summed E-state index contributed by atoms with van der Waals surface area (Å²) in [6.07, 6.45) is -3.89. The molecule has 6 heteroatoms. The summed E-state index contributed by atoms with van der Waals surface area (Å²) in [7, 11) is 1.53. The molecule has 0 aliphatic rings. The van der Waals surface area contributed by atoms with E-state index in [1.54, 1.807) is 12.1 Å². The van der Waals surface area contributed by atoms with Crippen LogP contribution in [0.5, 0.6) is 5.75 Å². The number of ether oxygens (including phenoxy) is 2. The van der Waals surface area contributed by atoms with Gasteiger partial charge in [-0.05, 0) is 41.8 Å². The first-order chi connectivity index (χ1) is 10.9. The average Bonchev–Trinajstić information content (AvgIpc) is 2.53. The second-order valence-corrected chi connectivity index (χ2v) is 5.13. The summed E-state index contributed by atoms with van der Waals surface area (Å²) >= 11 is 0. The Bertz CT molecular complexity index is 626. The van der Waals surface area contributed by atoms with E-state index < -0.39 is 11.7 Å². The fraction of sp³-hybridized carbons (Fsp3) is 0.294. The highest BCUT2D eigenvalue weighted by atomic mass is 19.4. The van der Waals surface area contributed by atoms with E-state index in [2.05, 4.69) is 0 Å². The zero-order valence-corrected chi connectivity index (χ0v) is 12.6. The number of benzene rings is 2. The van der Waals surface area contributed by atoms with Crippen LogP contribution in [-0.4, -0.2) is 13.9 Å². The Morgan fingerprint density at radius 1 is 1.09 bits per heavy atom. The highest BCUT2D eigenvalue weighted by Crippen LogP contribution is 2.29. The Balaban J connectivity index is 2.05. The van der Waals surface area contributed by atoms with E-state index in [1.807, 2.05) is 12.1 Å². The third-order valence-electron chi connectivity index (χ3n) is 3.37. The molecule has 0 aromatic heterocycles. The Kier molecular flexibility index (Phi) is 5.63. The van der Waals surface area contributed by atoms with Gasteiger partial charge in [0.05, 0.1) is 5.56 Å². The van der Waals surface area contributed by atoms with Crippen LogP contribution in [0.1, 0.15) is 22.7 Å². The van der Waals surface area contributed by atoms with Crippen molar-refractivity contribution in [3.05, 3.63) is 65.2 Å². The standard InChI is InChI=1S/C17H18F3NO2/c1-22-11-23-15-4-2-3-13(10-15)16(21)9-12-5-7-14(8-6-12)17(18,19)20/h2-8,10,16H,9,11,21H2,1H3. The first kappa shape index (κ1) is 17.3. The Labute approximate surface area is 132 Å². The van der Waals surface area contributed by atoms with Crippen molar-refractivity contribution < 1.29 is 22.6 Å². The summed E-state index contributed by atoms with van der Waals surface area (Å²) in [6, 6.07) is 12.0. The number of hydrogen-bond acceptors (Lipinski definition) is 3. The lowest BCUT2D eigenvalue weighted by atomic mass is 9.99. The molecule has 0 radical (unpaired) electrons. The highest BCUT2D eigenvalue weighted by molar-refractivity contribution is 5.32. The van der Waals surface area contributed by atoms with E-state index in [0.29, 0.717) is 12.2 Å². The van der Waals surface area contributed by atoms with Gasteiger partial charge in [-0.1, -0.05) is 24.3 Å². The summed E-state index contributed by atoms with van der Waals surface area (Å²) < 4.78 is 47.8. The van der Waals surface area contributed by atoms with E-state index >= 15 is 0 Å². The fourth-order valence-electron chi connectivity index (χ4n) is 2.16. The smallest absolute Gasteiger partial charge is 0.416 e. The molecule has 0 amide bonds. The van der Waals surface area contributed by atoms with Crippen LogP contribution in [0, 0.1) is 0 Å². The van der Waals surface area contributed by atoms with Crippen molar-refractivity contribution in [3.8, 4) is 5.75 Å². The molecule has 2 N–H and O–H groups in total. The fourth-order valence-corrected chi connectivity index (χ4v) is 2.16. The van der Waals surface area contributed by atoms with Crippen LogP contribution in [0.15, 0.2) is 48.5 Å². The monoisotopic (exact) mass is 325 g/mol. The van der Waals surface area contributed by atoms with Crippen LogP contribution in [0.4, 0.5) is 13.2 Å². The molecular formula is C17H18F3NO2. The molecule has 0 aliphatic heterocycles. The molecule has 3 nitrogen and oxygen atoms in total. The summed E-state index contributed by atoms with van der Waals surface area (Å²) in [5.74, 6) is 0.632. The lowest BCUT2D eigenvalue weighted by molar-refractivity contribution is -0.137. The van der Waals surface area contributed by atoms with Crippen molar-refractivity contribution in [3.63, 3.8) is 0 Å². The molecule has 2 rings (SSSR count). The first-order valence-corrected chi connectivity index (χ1v) is 7.03. The largest absolute Gasteiger partial charge is 0.468 e. The number of hydrogen-bond donors (Lipinski definition) is 1. The predicted molar refractivity (Wildman–Crippen MR) is 81.0 cm³/mol. The molecule has 2 aromatic carbocycles. The van der Waals surface area contributed by atoms with E-state index in [9.17, 15) is 13.2 Å². The molecule has 0 fully saturated rings. The molecule has 0 aliphatic carbocycles. The summed E-state index contributed by atoms with van der Waals surface area (Å²) in [4.78, 5) is 0. The van der Waals surface area contributed by atoms with Crippen molar-refractivity contribution in [2.45, 2.75) is 18.6 Å². The Hall–Kier alpha value is -2.05. The second-order valence-electron chi connectivity index (χ2n) is 5.13. The van der Waals surface area contributed by atoms with Crippen molar-refractivity contribution in [2.75, 3.05) is 13.9 Å². The van der Waals surface area contributed by atoms with E-state index in [4.69, 9.17) is 15.2 Å². The SMILES string of the molecule is COCOc1cccc(C(N)Cc2ccc(C(F)(F)F)cc2)c1. The summed E-state index contributed by atoms with van der Waals surface area (Å²) in [5, 5.41) is 0. The predicted octanol–water partition coefficient (Wildman–Crippen LogP) is 3.93. The minimum atomic E-state index is -4.33. The number of halogens is 3. The van der Waals surface area contributed by atoms with Crippen molar-refractivity contribution in [1.82, 2.24) is 0 Å². The lowest BCUT2D eigenvalue weighted by Crippen LogP contribution is -2.14. The van der Waals surface area contributed by atoms with Gasteiger partial charge >= 0.3 is 6.18 Å². The number of rotatable bonds is 6. The Morgan fingerprint density at radius 2 is 1.78 bits per heavy atom. The third-order valence-corrected chi connectivity index (χ3v) is 3.37. The van der Waals surface area contributed by atoms with Gasteiger partial charge in [0, 0.05) is 13.2 Å². The van der Waals surface area contributed by atoms with Crippen molar-refractivity contribution in [2.24, 2.45) is 5.73 Å². The molecule has 0 saturated carbocycles. The maximum Gasteiger partial charge on any atom is 0.416 e. The molecule has 1 atom stereocenters. The summed E-state index contributed by atoms with van der Waals surface area (Å²) in [6.45, 7) is 0.137. The van der Waals surface area contributed by atoms with Gasteiger partial charge in [0.1, 0.15) is 5.75 Å². The van der Waals surface area contributed by atoms with Gasteiger partial charge in [-0.15, -0.1) is 0 Å². The topological polar surface area (TPSA) is 44.5 Å². The van der Waals surface area contributed by atoms with Crippen molar-refractivity contribution >= 4 is 0 Å². The van der Waals surface area contributed by atoms with Gasteiger partial charge in [0.15, 0.2) is 6.79 Å². The average molecular weight is 325 g/mol. The number of methoxy groups -OCH3 is 1. The van der Waals surface area contributed by atoms with Crippen LogP contribution >= 0.6 is 0 Å².